The van der Waals surface area contributed by atoms with E-state index in [1.807, 2.05) is 19.1 Å². The Morgan fingerprint density at radius 2 is 1.92 bits per heavy atom. The second-order valence-corrected chi connectivity index (χ2v) is 6.49. The fraction of sp³-hybridized carbons (Fsp3) is 0.222. The van der Waals surface area contributed by atoms with Gasteiger partial charge in [-0.1, -0.05) is 31.2 Å². The van der Waals surface area contributed by atoms with Gasteiger partial charge in [0.2, 0.25) is 5.78 Å². The molecule has 0 atom stereocenters. The lowest BCUT2D eigenvalue weighted by atomic mass is 10.1. The van der Waals surface area contributed by atoms with Gasteiger partial charge in [-0.25, -0.2) is 4.79 Å². The fourth-order valence-electron chi connectivity index (χ4n) is 2.19. The van der Waals surface area contributed by atoms with E-state index in [-0.39, 0.29) is 11.3 Å². The van der Waals surface area contributed by atoms with Crippen LogP contribution in [0.15, 0.2) is 47.4 Å². The van der Waals surface area contributed by atoms with Gasteiger partial charge in [0.05, 0.1) is 10.5 Å². The monoisotopic (exact) mass is 359 g/mol. The Labute approximate surface area is 149 Å². The van der Waals surface area contributed by atoms with Gasteiger partial charge in [0.15, 0.2) is 6.61 Å². The molecule has 0 spiro atoms. The number of ether oxygens (including phenoxy) is 1. The van der Waals surface area contributed by atoms with Crippen molar-refractivity contribution in [3.05, 3.63) is 69.3 Å². The summed E-state index contributed by atoms with van der Waals surface area (Å²) in [5, 5.41) is 11.0. The van der Waals surface area contributed by atoms with Gasteiger partial charge in [-0.05, 0) is 24.8 Å². The van der Waals surface area contributed by atoms with Crippen molar-refractivity contribution >= 4 is 29.2 Å². The van der Waals surface area contributed by atoms with Crippen molar-refractivity contribution in [3.8, 4) is 0 Å². The summed E-state index contributed by atoms with van der Waals surface area (Å²) in [6.07, 6.45) is 0. The number of carbonyl (C=O) groups is 2. The van der Waals surface area contributed by atoms with Crippen LogP contribution in [0.4, 0.5) is 5.69 Å². The van der Waals surface area contributed by atoms with Crippen molar-refractivity contribution in [2.24, 2.45) is 0 Å². The zero-order valence-electron chi connectivity index (χ0n) is 13.9. The van der Waals surface area contributed by atoms with Crippen molar-refractivity contribution in [3.63, 3.8) is 0 Å². The molecule has 25 heavy (non-hydrogen) atoms. The maximum absolute atomic E-state index is 12.2. The van der Waals surface area contributed by atoms with E-state index in [0.717, 1.165) is 10.6 Å². The number of aryl methyl sites for hydroxylation is 1. The van der Waals surface area contributed by atoms with E-state index in [2.05, 4.69) is 0 Å². The number of rotatable bonds is 7. The first-order chi connectivity index (χ1) is 11.9. The highest BCUT2D eigenvalue weighted by Crippen LogP contribution is 2.23. The van der Waals surface area contributed by atoms with Crippen LogP contribution >= 0.6 is 11.8 Å². The van der Waals surface area contributed by atoms with Crippen LogP contribution in [0.3, 0.4) is 0 Å². The van der Waals surface area contributed by atoms with Crippen LogP contribution in [0.2, 0.25) is 0 Å². The summed E-state index contributed by atoms with van der Waals surface area (Å²) < 4.78 is 5.09. The third kappa shape index (κ3) is 4.67. The van der Waals surface area contributed by atoms with E-state index in [0.29, 0.717) is 11.1 Å². The molecule has 0 aliphatic carbocycles. The molecule has 2 rings (SSSR count). The second kappa shape index (κ2) is 8.43. The molecule has 0 aliphatic rings. The molecule has 6 nitrogen and oxygen atoms in total. The molecule has 0 unspecified atom stereocenters. The van der Waals surface area contributed by atoms with E-state index in [9.17, 15) is 19.7 Å². The highest BCUT2D eigenvalue weighted by Gasteiger charge is 2.18. The number of nitro groups is 1. The smallest absolute Gasteiger partial charge is 0.339 e. The maximum Gasteiger partial charge on any atom is 0.339 e. The lowest BCUT2D eigenvalue weighted by Crippen LogP contribution is -2.15. The number of hydrogen-bond acceptors (Lipinski definition) is 6. The van der Waals surface area contributed by atoms with Gasteiger partial charge in [0.25, 0.3) is 5.69 Å². The first kappa shape index (κ1) is 18.7. The molecule has 0 bridgehead atoms. The summed E-state index contributed by atoms with van der Waals surface area (Å²) >= 11 is 1.51. The Kier molecular flexibility index (Phi) is 6.30. The molecule has 0 N–H and O–H groups in total. The lowest BCUT2D eigenvalue weighted by molar-refractivity contribution is -0.385. The molecule has 0 fully saturated rings. The van der Waals surface area contributed by atoms with Crippen LogP contribution in [-0.4, -0.2) is 29.0 Å². The van der Waals surface area contributed by atoms with Crippen LogP contribution in [0.5, 0.6) is 0 Å². The standard InChI is InChI=1S/C18H17NO5S/c1-3-25-17-7-5-4-6-14(17)18(21)24-11-16(20)13-9-8-12(2)15(10-13)19(22)23/h4-10H,3,11H2,1-2H3. The van der Waals surface area contributed by atoms with Gasteiger partial charge in [0.1, 0.15) is 0 Å². The predicted molar refractivity (Wildman–Crippen MR) is 95.3 cm³/mol. The molecular weight excluding hydrogens is 342 g/mol. The van der Waals surface area contributed by atoms with Crippen LogP contribution in [0.25, 0.3) is 0 Å². The molecule has 0 aromatic heterocycles. The maximum atomic E-state index is 12.2. The summed E-state index contributed by atoms with van der Waals surface area (Å²) in [4.78, 5) is 35.6. The second-order valence-electron chi connectivity index (χ2n) is 5.19. The summed E-state index contributed by atoms with van der Waals surface area (Å²) in [7, 11) is 0. The number of nitro benzene ring substituents is 1. The number of Topliss-reactive ketones (excluding diaryl/α,β-unsaturated/α-hetero) is 1. The van der Waals surface area contributed by atoms with Gasteiger partial charge in [-0.3, -0.25) is 14.9 Å². The third-order valence-electron chi connectivity index (χ3n) is 3.47. The molecule has 0 aliphatic heterocycles. The summed E-state index contributed by atoms with van der Waals surface area (Å²) in [6.45, 7) is 3.10. The van der Waals surface area contributed by atoms with Gasteiger partial charge >= 0.3 is 5.97 Å². The molecule has 130 valence electrons. The molecule has 7 heteroatoms. The van der Waals surface area contributed by atoms with Crippen molar-refractivity contribution in [1.82, 2.24) is 0 Å². The molecule has 0 saturated carbocycles. The summed E-state index contributed by atoms with van der Waals surface area (Å²) in [5.74, 6) is -0.278. The van der Waals surface area contributed by atoms with Gasteiger partial charge in [-0.2, -0.15) is 0 Å². The number of esters is 1. The minimum Gasteiger partial charge on any atom is -0.454 e. The minimum atomic E-state index is -0.591. The SMILES string of the molecule is CCSc1ccccc1C(=O)OCC(=O)c1ccc(C)c([N+](=O)[O-])c1. The van der Waals surface area contributed by atoms with Crippen LogP contribution in [0, 0.1) is 17.0 Å². The Morgan fingerprint density at radius 1 is 1.20 bits per heavy atom. The zero-order valence-corrected chi connectivity index (χ0v) is 14.7. The fourth-order valence-corrected chi connectivity index (χ4v) is 2.98. The van der Waals surface area contributed by atoms with Gasteiger partial charge < -0.3 is 4.74 Å². The molecule has 0 saturated heterocycles. The molecule has 0 radical (unpaired) electrons. The average Bonchev–Trinajstić information content (AvgIpc) is 2.60. The van der Waals surface area contributed by atoms with E-state index < -0.39 is 23.3 Å². The molecular formula is C18H17NO5S. The topological polar surface area (TPSA) is 86.5 Å². The number of hydrogen-bond donors (Lipinski definition) is 0. The lowest BCUT2D eigenvalue weighted by Gasteiger charge is -2.08. The first-order valence-corrected chi connectivity index (χ1v) is 8.59. The van der Waals surface area contributed by atoms with E-state index in [4.69, 9.17) is 4.74 Å². The number of nitrogens with zero attached hydrogens (tertiary/aromatic N) is 1. The largest absolute Gasteiger partial charge is 0.454 e. The van der Waals surface area contributed by atoms with Crippen molar-refractivity contribution in [2.45, 2.75) is 18.7 Å². The van der Waals surface area contributed by atoms with Crippen molar-refractivity contribution < 1.29 is 19.2 Å². The first-order valence-electron chi connectivity index (χ1n) is 7.61. The Bertz CT molecular complexity index is 819. The van der Waals surface area contributed by atoms with Gasteiger partial charge in [-0.15, -0.1) is 11.8 Å². The van der Waals surface area contributed by atoms with E-state index >= 15 is 0 Å². The van der Waals surface area contributed by atoms with Crippen LogP contribution < -0.4 is 0 Å². The van der Waals surface area contributed by atoms with Crippen molar-refractivity contribution in [1.29, 1.82) is 0 Å². The van der Waals surface area contributed by atoms with E-state index in [1.54, 1.807) is 19.1 Å². The normalized spacial score (nSPS) is 10.3. The predicted octanol–water partition coefficient (Wildman–Crippen LogP) is 4.05. The van der Waals surface area contributed by atoms with Gasteiger partial charge in [0, 0.05) is 22.1 Å². The zero-order chi connectivity index (χ0) is 18.4. The molecule has 2 aromatic rings. The number of benzene rings is 2. The van der Waals surface area contributed by atoms with Crippen LogP contribution in [0.1, 0.15) is 33.2 Å². The molecule has 2 aromatic carbocycles. The Balaban J connectivity index is 2.09. The average molecular weight is 359 g/mol. The quantitative estimate of drug-likeness (QED) is 0.244. The molecule has 0 amide bonds. The Morgan fingerprint density at radius 3 is 2.60 bits per heavy atom. The highest BCUT2D eigenvalue weighted by atomic mass is 32.2. The summed E-state index contributed by atoms with van der Waals surface area (Å²) in [6, 6.07) is 11.2. The number of thioether (sulfide) groups is 1. The summed E-state index contributed by atoms with van der Waals surface area (Å²) in [5.41, 5.74) is 0.865. The number of ketones is 1. The van der Waals surface area contributed by atoms with Crippen molar-refractivity contribution in [2.75, 3.05) is 12.4 Å². The molecule has 0 heterocycles. The van der Waals surface area contributed by atoms with E-state index in [1.165, 1.54) is 30.0 Å². The highest BCUT2D eigenvalue weighted by molar-refractivity contribution is 7.99. The third-order valence-corrected chi connectivity index (χ3v) is 4.42. The minimum absolute atomic E-state index is 0.137. The Hall–Kier alpha value is -2.67. The number of carbonyl (C=O) groups excluding carboxylic acids is 2. The van der Waals surface area contributed by atoms with Crippen LogP contribution in [-0.2, 0) is 4.74 Å².